The third kappa shape index (κ3) is 4.72. The number of benzene rings is 2. The molecule has 31 heavy (non-hydrogen) atoms. The second-order valence-corrected chi connectivity index (χ2v) is 7.46. The van der Waals surface area contributed by atoms with Crippen molar-refractivity contribution in [1.29, 1.82) is 0 Å². The van der Waals surface area contributed by atoms with Crippen molar-refractivity contribution in [1.82, 2.24) is 9.78 Å². The van der Waals surface area contributed by atoms with E-state index >= 15 is 0 Å². The van der Waals surface area contributed by atoms with E-state index < -0.39 is 23.4 Å². The Morgan fingerprint density at radius 1 is 1.19 bits per heavy atom. The van der Waals surface area contributed by atoms with Gasteiger partial charge in [0.15, 0.2) is 12.3 Å². The summed E-state index contributed by atoms with van der Waals surface area (Å²) in [5.74, 6) is -1.11. The monoisotopic (exact) mass is 440 g/mol. The van der Waals surface area contributed by atoms with E-state index in [4.69, 9.17) is 16.3 Å². The molecule has 1 N–H and O–H groups in total. The number of carbonyl (C=O) groups is 2. The summed E-state index contributed by atoms with van der Waals surface area (Å²) in [6, 6.07) is 14.7. The maximum absolute atomic E-state index is 12.7. The van der Waals surface area contributed by atoms with E-state index in [1.165, 1.54) is 16.8 Å². The molecule has 9 nitrogen and oxygen atoms in total. The Bertz CT molecular complexity index is 1160. The number of esters is 1. The van der Waals surface area contributed by atoms with E-state index in [0.29, 0.717) is 11.6 Å². The van der Waals surface area contributed by atoms with Crippen LogP contribution in [0.2, 0.25) is 5.02 Å². The molecule has 1 aliphatic rings. The molecule has 0 atom stereocenters. The fourth-order valence-corrected chi connectivity index (χ4v) is 3.21. The Morgan fingerprint density at radius 3 is 2.61 bits per heavy atom. The number of halogens is 1. The van der Waals surface area contributed by atoms with Crippen molar-refractivity contribution in [3.05, 3.63) is 81.1 Å². The number of hydrogen-bond donors (Lipinski definition) is 1. The first-order chi connectivity index (χ1) is 14.9. The number of aromatic nitrogens is 2. The Labute approximate surface area is 181 Å². The van der Waals surface area contributed by atoms with Gasteiger partial charge < -0.3 is 10.1 Å². The number of hydrogen-bond acceptors (Lipinski definition) is 6. The molecule has 3 aromatic rings. The quantitative estimate of drug-likeness (QED) is 0.336. The number of anilines is 1. The van der Waals surface area contributed by atoms with Crippen LogP contribution in [0.15, 0.2) is 54.6 Å². The lowest BCUT2D eigenvalue weighted by molar-refractivity contribution is -0.383. The van der Waals surface area contributed by atoms with Crippen LogP contribution in [0.3, 0.4) is 0 Å². The number of nitro benzene ring substituents is 1. The molecule has 0 aliphatic heterocycles. The van der Waals surface area contributed by atoms with Crippen LogP contribution >= 0.6 is 11.6 Å². The summed E-state index contributed by atoms with van der Waals surface area (Å²) in [7, 11) is 0. The average Bonchev–Trinajstić information content (AvgIpc) is 3.52. The normalized spacial score (nSPS) is 12.9. The van der Waals surface area contributed by atoms with Gasteiger partial charge in [-0.05, 0) is 43.2 Å². The maximum Gasteiger partial charge on any atom is 0.357 e. The lowest BCUT2D eigenvalue weighted by Gasteiger charge is -2.09. The molecule has 1 aromatic heterocycles. The fraction of sp³-hybridized carbons (Fsp3) is 0.190. The number of rotatable bonds is 7. The Morgan fingerprint density at radius 2 is 1.94 bits per heavy atom. The number of nitrogens with zero attached hydrogens (tertiary/aromatic N) is 3. The minimum absolute atomic E-state index is 0.0409. The molecule has 0 unspecified atom stereocenters. The van der Waals surface area contributed by atoms with Crippen LogP contribution in [-0.4, -0.2) is 33.2 Å². The molecule has 1 amide bonds. The van der Waals surface area contributed by atoms with Gasteiger partial charge in [-0.25, -0.2) is 9.48 Å². The van der Waals surface area contributed by atoms with E-state index in [1.54, 1.807) is 6.07 Å². The molecule has 0 spiro atoms. The summed E-state index contributed by atoms with van der Waals surface area (Å²) in [6.45, 7) is -0.614. The van der Waals surface area contributed by atoms with Crippen LogP contribution in [0.1, 0.15) is 34.9 Å². The molecule has 1 heterocycles. The first-order valence-electron chi connectivity index (χ1n) is 9.48. The van der Waals surface area contributed by atoms with Gasteiger partial charge in [0.2, 0.25) is 0 Å². The zero-order valence-electron chi connectivity index (χ0n) is 16.2. The van der Waals surface area contributed by atoms with Crippen LogP contribution in [0, 0.1) is 10.1 Å². The third-order valence-electron chi connectivity index (χ3n) is 4.70. The van der Waals surface area contributed by atoms with Crippen molar-refractivity contribution < 1.29 is 19.2 Å². The summed E-state index contributed by atoms with van der Waals surface area (Å²) in [5.41, 5.74) is 1.31. The molecule has 0 bridgehead atoms. The number of nitrogens with one attached hydrogen (secondary N) is 1. The summed E-state index contributed by atoms with van der Waals surface area (Å²) >= 11 is 5.77. The zero-order chi connectivity index (χ0) is 22.0. The van der Waals surface area contributed by atoms with Gasteiger partial charge in [-0.3, -0.25) is 14.9 Å². The van der Waals surface area contributed by atoms with Crippen LogP contribution in [-0.2, 0) is 9.53 Å². The largest absolute Gasteiger partial charge is 0.451 e. The van der Waals surface area contributed by atoms with Gasteiger partial charge in [0.1, 0.15) is 5.69 Å². The van der Waals surface area contributed by atoms with Crippen molar-refractivity contribution >= 4 is 34.9 Å². The van der Waals surface area contributed by atoms with Crippen LogP contribution in [0.25, 0.3) is 5.69 Å². The lowest BCUT2D eigenvalue weighted by Crippen LogP contribution is -2.22. The standard InChI is InChI=1S/C21H17ClN4O5/c22-14-8-9-16(18(10-14)26(29)30)23-20(27)12-31-21(28)19-11-17(13-6-7-13)24-25(19)15-4-2-1-3-5-15/h1-5,8-11,13H,6-7,12H2,(H,23,27). The first kappa shape index (κ1) is 20.5. The van der Waals surface area contributed by atoms with Gasteiger partial charge in [-0.15, -0.1) is 0 Å². The molecule has 4 rings (SSSR count). The second kappa shape index (κ2) is 8.57. The minimum Gasteiger partial charge on any atom is -0.451 e. The summed E-state index contributed by atoms with van der Waals surface area (Å²) in [5, 5.41) is 18.2. The Balaban J connectivity index is 1.47. The third-order valence-corrected chi connectivity index (χ3v) is 4.93. The van der Waals surface area contributed by atoms with Gasteiger partial charge in [-0.1, -0.05) is 29.8 Å². The summed E-state index contributed by atoms with van der Waals surface area (Å²) in [6.07, 6.45) is 2.03. The van der Waals surface area contributed by atoms with Gasteiger partial charge in [0.25, 0.3) is 11.6 Å². The van der Waals surface area contributed by atoms with E-state index in [2.05, 4.69) is 10.4 Å². The molecule has 1 saturated carbocycles. The van der Waals surface area contributed by atoms with Crippen LogP contribution < -0.4 is 5.32 Å². The SMILES string of the molecule is O=C(COC(=O)c1cc(C2CC2)nn1-c1ccccc1)Nc1ccc(Cl)cc1[N+](=O)[O-]. The van der Waals surface area contributed by atoms with E-state index in [1.807, 2.05) is 30.3 Å². The minimum atomic E-state index is -0.719. The highest BCUT2D eigenvalue weighted by Gasteiger charge is 2.29. The number of amides is 1. The maximum atomic E-state index is 12.7. The highest BCUT2D eigenvalue weighted by Crippen LogP contribution is 2.39. The first-order valence-corrected chi connectivity index (χ1v) is 9.86. The summed E-state index contributed by atoms with van der Waals surface area (Å²) < 4.78 is 6.65. The predicted octanol–water partition coefficient (Wildman–Crippen LogP) is 4.11. The molecule has 1 fully saturated rings. The second-order valence-electron chi connectivity index (χ2n) is 7.02. The van der Waals surface area contributed by atoms with Crippen molar-refractivity contribution in [2.75, 3.05) is 11.9 Å². The Hall–Kier alpha value is -3.72. The molecule has 0 radical (unpaired) electrons. The number of para-hydroxylation sites is 1. The number of carbonyl (C=O) groups excluding carboxylic acids is 2. The predicted molar refractivity (Wildman–Crippen MR) is 113 cm³/mol. The van der Waals surface area contributed by atoms with Crippen molar-refractivity contribution in [3.8, 4) is 5.69 Å². The highest BCUT2D eigenvalue weighted by atomic mass is 35.5. The smallest absolute Gasteiger partial charge is 0.357 e. The van der Waals surface area contributed by atoms with Gasteiger partial charge >= 0.3 is 5.97 Å². The lowest BCUT2D eigenvalue weighted by atomic mass is 10.2. The molecule has 1 aliphatic carbocycles. The van der Waals surface area contributed by atoms with Crippen LogP contribution in [0.5, 0.6) is 0 Å². The topological polar surface area (TPSA) is 116 Å². The molecule has 10 heteroatoms. The Kier molecular flexibility index (Phi) is 5.68. The molecule has 2 aromatic carbocycles. The van der Waals surface area contributed by atoms with Crippen LogP contribution in [0.4, 0.5) is 11.4 Å². The van der Waals surface area contributed by atoms with Gasteiger partial charge in [-0.2, -0.15) is 5.10 Å². The van der Waals surface area contributed by atoms with Crippen molar-refractivity contribution in [3.63, 3.8) is 0 Å². The van der Waals surface area contributed by atoms with E-state index in [9.17, 15) is 19.7 Å². The molecule has 0 saturated heterocycles. The number of nitro groups is 1. The summed E-state index contributed by atoms with van der Waals surface area (Å²) in [4.78, 5) is 35.4. The average molecular weight is 441 g/mol. The van der Waals surface area contributed by atoms with E-state index in [-0.39, 0.29) is 22.1 Å². The van der Waals surface area contributed by atoms with Gasteiger partial charge in [0.05, 0.1) is 16.3 Å². The molecular formula is C21H17ClN4O5. The van der Waals surface area contributed by atoms with Crippen molar-refractivity contribution in [2.24, 2.45) is 0 Å². The highest BCUT2D eigenvalue weighted by molar-refractivity contribution is 6.31. The fourth-order valence-electron chi connectivity index (χ4n) is 3.04. The van der Waals surface area contributed by atoms with Gasteiger partial charge in [0, 0.05) is 17.0 Å². The number of ether oxygens (including phenoxy) is 1. The van der Waals surface area contributed by atoms with Crippen molar-refractivity contribution in [2.45, 2.75) is 18.8 Å². The molecular weight excluding hydrogens is 424 g/mol. The molecule has 158 valence electrons. The zero-order valence-corrected chi connectivity index (χ0v) is 16.9. The van der Waals surface area contributed by atoms with E-state index in [0.717, 1.165) is 24.6 Å².